The Balaban J connectivity index is 2.09. The molecule has 6 nitrogen and oxygen atoms in total. The van der Waals surface area contributed by atoms with Gasteiger partial charge in [0.2, 0.25) is 0 Å². The highest BCUT2D eigenvalue weighted by atomic mass is 19.1. The molecule has 0 saturated heterocycles. The summed E-state index contributed by atoms with van der Waals surface area (Å²) >= 11 is 0. The second-order valence-electron chi connectivity index (χ2n) is 4.58. The third-order valence-corrected chi connectivity index (χ3v) is 3.20. The third kappa shape index (κ3) is 2.40. The number of hydroxylamine groups is 1. The summed E-state index contributed by atoms with van der Waals surface area (Å²) in [5.41, 5.74) is 2.52. The lowest BCUT2D eigenvalue weighted by molar-refractivity contribution is 0.0702. The largest absolute Gasteiger partial charge is 0.324 e. The van der Waals surface area contributed by atoms with Crippen LogP contribution in [0.1, 0.15) is 16.1 Å². The number of halogens is 2. The summed E-state index contributed by atoms with van der Waals surface area (Å²) in [5.74, 6) is -2.16. The Kier molecular flexibility index (Phi) is 3.51. The minimum absolute atomic E-state index is 0.0416. The SMILES string of the molecule is O=C(NO)c1nccc2ncn(Cc3ccc(F)cc3F)c12. The first-order valence-corrected chi connectivity index (χ1v) is 6.28. The number of aromatic nitrogens is 3. The molecule has 0 fully saturated rings. The maximum absolute atomic E-state index is 13.8. The van der Waals surface area contributed by atoms with Crippen LogP contribution in [0.25, 0.3) is 11.0 Å². The van der Waals surface area contributed by atoms with Gasteiger partial charge >= 0.3 is 0 Å². The van der Waals surface area contributed by atoms with Crippen LogP contribution in [0.3, 0.4) is 0 Å². The zero-order valence-electron chi connectivity index (χ0n) is 11.1. The maximum Gasteiger partial charge on any atom is 0.295 e. The van der Waals surface area contributed by atoms with E-state index in [1.54, 1.807) is 6.07 Å². The van der Waals surface area contributed by atoms with Crippen molar-refractivity contribution in [2.75, 3.05) is 0 Å². The van der Waals surface area contributed by atoms with Gasteiger partial charge in [-0.15, -0.1) is 0 Å². The predicted octanol–water partition coefficient (Wildman–Crippen LogP) is 1.88. The number of carbonyl (C=O) groups is 1. The Labute approximate surface area is 123 Å². The normalized spacial score (nSPS) is 10.9. The standard InChI is InChI=1S/C14H10F2N4O2/c15-9-2-1-8(10(16)5-9)6-20-7-18-11-3-4-17-12(13(11)20)14(21)19-22/h1-5,7,22H,6H2,(H,19,21). The monoisotopic (exact) mass is 304 g/mol. The van der Waals surface area contributed by atoms with Crippen LogP contribution >= 0.6 is 0 Å². The second-order valence-corrected chi connectivity index (χ2v) is 4.58. The Morgan fingerprint density at radius 3 is 2.82 bits per heavy atom. The van der Waals surface area contributed by atoms with Gasteiger partial charge in [-0.25, -0.2) is 24.2 Å². The van der Waals surface area contributed by atoms with E-state index >= 15 is 0 Å². The average molecular weight is 304 g/mol. The fraction of sp³-hybridized carbons (Fsp3) is 0.0714. The lowest BCUT2D eigenvalue weighted by Gasteiger charge is -2.08. The summed E-state index contributed by atoms with van der Waals surface area (Å²) in [6.45, 7) is 0.0417. The van der Waals surface area contributed by atoms with Crippen molar-refractivity contribution >= 4 is 16.9 Å². The molecule has 1 aromatic carbocycles. The van der Waals surface area contributed by atoms with Gasteiger partial charge in [0.15, 0.2) is 5.69 Å². The van der Waals surface area contributed by atoms with Crippen molar-refractivity contribution < 1.29 is 18.8 Å². The summed E-state index contributed by atoms with van der Waals surface area (Å²) in [7, 11) is 0. The van der Waals surface area contributed by atoms with Crippen LogP contribution in [0.4, 0.5) is 8.78 Å². The van der Waals surface area contributed by atoms with Gasteiger partial charge in [0.1, 0.15) is 17.2 Å². The number of amides is 1. The molecule has 22 heavy (non-hydrogen) atoms. The molecule has 0 aliphatic carbocycles. The Morgan fingerprint density at radius 2 is 2.09 bits per heavy atom. The van der Waals surface area contributed by atoms with Crippen molar-refractivity contribution in [2.24, 2.45) is 0 Å². The molecule has 8 heteroatoms. The van der Waals surface area contributed by atoms with Crippen LogP contribution < -0.4 is 5.48 Å². The second kappa shape index (κ2) is 5.49. The molecule has 0 spiro atoms. The molecule has 3 rings (SSSR count). The topological polar surface area (TPSA) is 80.0 Å². The van der Waals surface area contributed by atoms with E-state index in [4.69, 9.17) is 5.21 Å². The zero-order valence-corrected chi connectivity index (χ0v) is 11.1. The smallest absolute Gasteiger partial charge is 0.295 e. The fourth-order valence-corrected chi connectivity index (χ4v) is 2.19. The number of fused-ring (bicyclic) bond motifs is 1. The molecular formula is C14H10F2N4O2. The molecule has 2 heterocycles. The lowest BCUT2D eigenvalue weighted by atomic mass is 10.2. The van der Waals surface area contributed by atoms with Gasteiger partial charge in [-0.05, 0) is 12.1 Å². The van der Waals surface area contributed by atoms with E-state index in [0.717, 1.165) is 12.1 Å². The van der Waals surface area contributed by atoms with Crippen molar-refractivity contribution in [2.45, 2.75) is 6.54 Å². The van der Waals surface area contributed by atoms with E-state index in [1.165, 1.54) is 28.6 Å². The third-order valence-electron chi connectivity index (χ3n) is 3.20. The molecule has 0 bridgehead atoms. The Bertz CT molecular complexity index is 863. The number of imidazole rings is 1. The molecule has 0 aliphatic rings. The summed E-state index contributed by atoms with van der Waals surface area (Å²) in [6, 6.07) is 4.84. The molecule has 3 aromatic rings. The van der Waals surface area contributed by atoms with Crippen molar-refractivity contribution in [3.05, 3.63) is 59.7 Å². The van der Waals surface area contributed by atoms with Gasteiger partial charge in [0, 0.05) is 17.8 Å². The maximum atomic E-state index is 13.8. The Hall–Kier alpha value is -2.87. The number of rotatable bonds is 3. The van der Waals surface area contributed by atoms with E-state index in [1.807, 2.05) is 0 Å². The fourth-order valence-electron chi connectivity index (χ4n) is 2.19. The predicted molar refractivity (Wildman–Crippen MR) is 72.2 cm³/mol. The van der Waals surface area contributed by atoms with Crippen LogP contribution in [-0.2, 0) is 6.54 Å². The van der Waals surface area contributed by atoms with Crippen molar-refractivity contribution in [3.63, 3.8) is 0 Å². The van der Waals surface area contributed by atoms with Crippen molar-refractivity contribution in [1.29, 1.82) is 0 Å². The van der Waals surface area contributed by atoms with Gasteiger partial charge in [0.05, 0.1) is 18.4 Å². The van der Waals surface area contributed by atoms with Crippen LogP contribution in [0.5, 0.6) is 0 Å². The number of benzene rings is 1. The Morgan fingerprint density at radius 1 is 1.27 bits per heavy atom. The molecule has 0 radical (unpaired) electrons. The summed E-state index contributed by atoms with van der Waals surface area (Å²) in [5, 5.41) is 8.77. The minimum Gasteiger partial charge on any atom is -0.324 e. The van der Waals surface area contributed by atoms with E-state index in [9.17, 15) is 13.6 Å². The molecular weight excluding hydrogens is 294 g/mol. The van der Waals surface area contributed by atoms with Gasteiger partial charge in [-0.3, -0.25) is 10.0 Å². The van der Waals surface area contributed by atoms with Crippen LogP contribution in [0.15, 0.2) is 36.8 Å². The first-order chi connectivity index (χ1) is 10.6. The summed E-state index contributed by atoms with van der Waals surface area (Å²) in [6.07, 6.45) is 2.80. The van der Waals surface area contributed by atoms with E-state index in [0.29, 0.717) is 11.0 Å². The quantitative estimate of drug-likeness (QED) is 0.572. The van der Waals surface area contributed by atoms with E-state index in [-0.39, 0.29) is 17.8 Å². The highest BCUT2D eigenvalue weighted by Crippen LogP contribution is 2.19. The summed E-state index contributed by atoms with van der Waals surface area (Å²) in [4.78, 5) is 19.7. The molecule has 0 aliphatic heterocycles. The molecule has 2 N–H and O–H groups in total. The van der Waals surface area contributed by atoms with E-state index in [2.05, 4.69) is 9.97 Å². The summed E-state index contributed by atoms with van der Waals surface area (Å²) < 4.78 is 28.2. The number of carbonyl (C=O) groups excluding carboxylic acids is 1. The highest BCUT2D eigenvalue weighted by Gasteiger charge is 2.16. The molecule has 0 unspecified atom stereocenters. The average Bonchev–Trinajstić information content (AvgIpc) is 2.92. The molecule has 1 amide bonds. The minimum atomic E-state index is -0.799. The van der Waals surface area contributed by atoms with Crippen LogP contribution in [-0.4, -0.2) is 25.6 Å². The molecule has 0 atom stereocenters. The van der Waals surface area contributed by atoms with Gasteiger partial charge < -0.3 is 4.57 Å². The molecule has 2 aromatic heterocycles. The number of hydrogen-bond acceptors (Lipinski definition) is 4. The van der Waals surface area contributed by atoms with Crippen LogP contribution in [0, 0.1) is 11.6 Å². The lowest BCUT2D eigenvalue weighted by Crippen LogP contribution is -2.21. The van der Waals surface area contributed by atoms with Gasteiger partial charge in [-0.1, -0.05) is 6.07 Å². The number of hydrogen-bond donors (Lipinski definition) is 2. The van der Waals surface area contributed by atoms with Gasteiger partial charge in [-0.2, -0.15) is 0 Å². The highest BCUT2D eigenvalue weighted by molar-refractivity contribution is 6.02. The first-order valence-electron chi connectivity index (χ1n) is 6.28. The van der Waals surface area contributed by atoms with Gasteiger partial charge in [0.25, 0.3) is 5.91 Å². The van der Waals surface area contributed by atoms with Crippen molar-refractivity contribution in [3.8, 4) is 0 Å². The number of pyridine rings is 1. The van der Waals surface area contributed by atoms with Crippen LogP contribution in [0.2, 0.25) is 0 Å². The molecule has 0 saturated carbocycles. The zero-order chi connectivity index (χ0) is 15.7. The van der Waals surface area contributed by atoms with Crippen molar-refractivity contribution in [1.82, 2.24) is 20.0 Å². The first kappa shape index (κ1) is 14.1. The van der Waals surface area contributed by atoms with E-state index < -0.39 is 17.5 Å². The number of nitrogens with one attached hydrogen (secondary N) is 1. The molecule has 112 valence electrons. The number of nitrogens with zero attached hydrogens (tertiary/aromatic N) is 3.